The fourth-order valence-corrected chi connectivity index (χ4v) is 2.11. The largest absolute Gasteiger partial charge is 0.454 e. The highest BCUT2D eigenvalue weighted by molar-refractivity contribution is 5.95. The molecule has 0 aliphatic carbocycles. The zero-order valence-corrected chi connectivity index (χ0v) is 9.36. The molecule has 2 aliphatic rings. The number of carbonyl (C=O) groups excluding carboxylic acids is 1. The molecular weight excluding hydrogens is 220 g/mol. The number of hydrogen-bond donors (Lipinski definition) is 2. The summed E-state index contributed by atoms with van der Waals surface area (Å²) in [5.74, 6) is 1.42. The van der Waals surface area contributed by atoms with Gasteiger partial charge in [-0.2, -0.15) is 0 Å². The van der Waals surface area contributed by atoms with Crippen LogP contribution in [0.25, 0.3) is 0 Å². The topological polar surface area (TPSA) is 59.6 Å². The Morgan fingerprint density at radius 2 is 2.29 bits per heavy atom. The Morgan fingerprint density at radius 1 is 1.41 bits per heavy atom. The van der Waals surface area contributed by atoms with Crippen LogP contribution in [0.2, 0.25) is 0 Å². The Kier molecular flexibility index (Phi) is 2.60. The summed E-state index contributed by atoms with van der Waals surface area (Å²) in [5, 5.41) is 6.04. The van der Waals surface area contributed by atoms with Crippen molar-refractivity contribution in [2.75, 3.05) is 18.7 Å². The Bertz CT molecular complexity index is 447. The zero-order valence-electron chi connectivity index (χ0n) is 9.36. The average molecular weight is 236 g/mol. The summed E-state index contributed by atoms with van der Waals surface area (Å²) in [5.41, 5.74) is 0.743. The Hall–Kier alpha value is -1.75. The molecule has 92 valence electrons. The molecule has 0 saturated carbocycles. The number of ether oxygens (including phenoxy) is 2. The molecule has 1 atom stereocenters. The van der Waals surface area contributed by atoms with Crippen LogP contribution in [0.5, 0.6) is 11.5 Å². The van der Waals surface area contributed by atoms with Crippen molar-refractivity contribution in [1.29, 1.82) is 0 Å². The quantitative estimate of drug-likeness (QED) is 0.813. The number of benzene rings is 1. The van der Waals surface area contributed by atoms with Crippen LogP contribution >= 0.6 is 0 Å². The van der Waals surface area contributed by atoms with Crippen molar-refractivity contribution in [2.24, 2.45) is 0 Å². The van der Waals surface area contributed by atoms with Crippen molar-refractivity contribution in [3.05, 3.63) is 18.2 Å². The summed E-state index contributed by atoms with van der Waals surface area (Å²) >= 11 is 0. The van der Waals surface area contributed by atoms with E-state index in [1.54, 1.807) is 12.1 Å². The fourth-order valence-electron chi connectivity index (χ4n) is 2.11. The van der Waals surface area contributed by atoms with Crippen molar-refractivity contribution >= 4 is 11.6 Å². The van der Waals surface area contributed by atoms with E-state index in [4.69, 9.17) is 9.47 Å². The number of fused-ring (bicyclic) bond motifs is 1. The number of amides is 1. The minimum atomic E-state index is -0.0691. The van der Waals surface area contributed by atoms with Gasteiger partial charge in [0.25, 0.3) is 0 Å². The van der Waals surface area contributed by atoms with Gasteiger partial charge in [-0.05, 0) is 31.5 Å². The highest BCUT2D eigenvalue weighted by Gasteiger charge is 2.22. The maximum Gasteiger partial charge on any atom is 0.241 e. The molecule has 0 radical (unpaired) electrons. The highest BCUT2D eigenvalue weighted by atomic mass is 16.7. The van der Waals surface area contributed by atoms with Crippen LogP contribution in [0.1, 0.15) is 14.3 Å². The molecule has 1 fully saturated rings. The Morgan fingerprint density at radius 3 is 3.12 bits per heavy atom. The molecule has 2 aliphatic heterocycles. The van der Waals surface area contributed by atoms with Crippen LogP contribution in [0.3, 0.4) is 0 Å². The van der Waals surface area contributed by atoms with Crippen LogP contribution in [-0.2, 0) is 4.79 Å². The van der Waals surface area contributed by atoms with Gasteiger partial charge in [0.05, 0.1) is 6.04 Å². The first-order chi connectivity index (χ1) is 8.33. The van der Waals surface area contributed by atoms with Gasteiger partial charge in [-0.3, -0.25) is 4.79 Å². The van der Waals surface area contributed by atoms with Gasteiger partial charge >= 0.3 is 0 Å². The molecule has 2 N–H and O–H groups in total. The normalized spacial score (nSPS) is 21.5. The molecule has 1 aromatic rings. The van der Waals surface area contributed by atoms with E-state index in [1.807, 2.05) is 6.07 Å². The first kappa shape index (κ1) is 10.4. The number of hydrogen-bond acceptors (Lipinski definition) is 4. The molecule has 0 bridgehead atoms. The molecule has 17 heavy (non-hydrogen) atoms. The van der Waals surface area contributed by atoms with E-state index < -0.39 is 0 Å². The van der Waals surface area contributed by atoms with Gasteiger partial charge < -0.3 is 20.1 Å². The minimum Gasteiger partial charge on any atom is -0.454 e. The van der Waals surface area contributed by atoms with Crippen molar-refractivity contribution in [2.45, 2.75) is 18.9 Å². The van der Waals surface area contributed by atoms with Crippen molar-refractivity contribution in [1.82, 2.24) is 5.32 Å². The second kappa shape index (κ2) is 4.25. The number of carbonyl (C=O) groups is 1. The molecule has 5 nitrogen and oxygen atoms in total. The molecule has 1 aromatic carbocycles. The van der Waals surface area contributed by atoms with Gasteiger partial charge in [-0.1, -0.05) is 0 Å². The van der Waals surface area contributed by atoms with Gasteiger partial charge in [0.1, 0.15) is 0 Å². The lowest BCUT2D eigenvalue weighted by atomic mass is 10.2. The SMILES string of the molecule is O=C(Nc1ccc2c(c1)OCO2)[C@@H]1CCCN1.[HH]. The first-order valence-electron chi connectivity index (χ1n) is 5.77. The Balaban J connectivity index is 0.00000120. The molecule has 3 rings (SSSR count). The summed E-state index contributed by atoms with van der Waals surface area (Å²) in [7, 11) is 0. The van der Waals surface area contributed by atoms with Crippen LogP contribution in [0, 0.1) is 0 Å². The molecule has 0 aromatic heterocycles. The van der Waals surface area contributed by atoms with E-state index >= 15 is 0 Å². The lowest BCUT2D eigenvalue weighted by Gasteiger charge is -2.11. The summed E-state index contributed by atoms with van der Waals surface area (Å²) in [6, 6.07) is 5.34. The summed E-state index contributed by atoms with van der Waals surface area (Å²) in [6.45, 7) is 1.16. The van der Waals surface area contributed by atoms with Crippen molar-refractivity contribution in [3.8, 4) is 11.5 Å². The van der Waals surface area contributed by atoms with E-state index in [-0.39, 0.29) is 20.2 Å². The second-order valence-electron chi connectivity index (χ2n) is 4.21. The van der Waals surface area contributed by atoms with Gasteiger partial charge in [-0.15, -0.1) is 0 Å². The van der Waals surface area contributed by atoms with E-state index in [9.17, 15) is 4.79 Å². The monoisotopic (exact) mass is 236 g/mol. The molecular formula is C12H16N2O3. The molecule has 5 heteroatoms. The fraction of sp³-hybridized carbons (Fsp3) is 0.417. The number of rotatable bonds is 2. The second-order valence-corrected chi connectivity index (χ2v) is 4.21. The van der Waals surface area contributed by atoms with Crippen LogP contribution < -0.4 is 20.1 Å². The third-order valence-electron chi connectivity index (χ3n) is 3.02. The smallest absolute Gasteiger partial charge is 0.241 e. The van der Waals surface area contributed by atoms with Gasteiger partial charge in [-0.25, -0.2) is 0 Å². The lowest BCUT2D eigenvalue weighted by Crippen LogP contribution is -2.35. The number of anilines is 1. The van der Waals surface area contributed by atoms with Crippen LogP contribution in [0.4, 0.5) is 5.69 Å². The van der Waals surface area contributed by atoms with Crippen LogP contribution in [-0.4, -0.2) is 25.3 Å². The summed E-state index contributed by atoms with van der Waals surface area (Å²) in [6.07, 6.45) is 1.95. The number of nitrogens with one attached hydrogen (secondary N) is 2. The van der Waals surface area contributed by atoms with Crippen molar-refractivity contribution < 1.29 is 15.7 Å². The lowest BCUT2D eigenvalue weighted by molar-refractivity contribution is -0.117. The molecule has 1 saturated heterocycles. The maximum atomic E-state index is 11.9. The first-order valence-corrected chi connectivity index (χ1v) is 5.77. The van der Waals surface area contributed by atoms with Gasteiger partial charge in [0.2, 0.25) is 12.7 Å². The molecule has 0 spiro atoms. The summed E-state index contributed by atoms with van der Waals surface area (Å²) in [4.78, 5) is 11.9. The molecule has 0 unspecified atom stereocenters. The van der Waals surface area contributed by atoms with E-state index in [2.05, 4.69) is 10.6 Å². The standard InChI is InChI=1S/C12H14N2O3.H2/c15-12(9-2-1-5-13-9)14-8-3-4-10-11(6-8)17-7-16-10;/h3-4,6,9,13H,1-2,5,7H2,(H,14,15);1H/t9-;/m0./s1. The van der Waals surface area contributed by atoms with Gasteiger partial charge in [0, 0.05) is 13.2 Å². The van der Waals surface area contributed by atoms with E-state index in [1.165, 1.54) is 0 Å². The highest BCUT2D eigenvalue weighted by Crippen LogP contribution is 2.34. The van der Waals surface area contributed by atoms with Crippen LogP contribution in [0.15, 0.2) is 18.2 Å². The van der Waals surface area contributed by atoms with Gasteiger partial charge in [0.15, 0.2) is 11.5 Å². The van der Waals surface area contributed by atoms with Crippen molar-refractivity contribution in [3.63, 3.8) is 0 Å². The third kappa shape index (κ3) is 2.06. The minimum absolute atomic E-state index is 0. The van der Waals surface area contributed by atoms with E-state index in [0.29, 0.717) is 5.75 Å². The predicted molar refractivity (Wildman–Crippen MR) is 64.3 cm³/mol. The Labute approximate surface area is 101 Å². The third-order valence-corrected chi connectivity index (χ3v) is 3.02. The molecule has 2 heterocycles. The zero-order chi connectivity index (χ0) is 11.7. The summed E-state index contributed by atoms with van der Waals surface area (Å²) < 4.78 is 10.5. The molecule has 1 amide bonds. The predicted octanol–water partition coefficient (Wildman–Crippen LogP) is 1.35. The maximum absolute atomic E-state index is 11.9. The van der Waals surface area contributed by atoms with E-state index in [0.717, 1.165) is 30.8 Å². The average Bonchev–Trinajstić information content (AvgIpc) is 2.99.